The van der Waals surface area contributed by atoms with Gasteiger partial charge in [-0.1, -0.05) is 30.3 Å². The second kappa shape index (κ2) is 11.7. The van der Waals surface area contributed by atoms with Crippen LogP contribution >= 0.6 is 24.8 Å². The van der Waals surface area contributed by atoms with Gasteiger partial charge in [0.05, 0.1) is 6.54 Å². The van der Waals surface area contributed by atoms with Crippen LogP contribution in [0.1, 0.15) is 31.2 Å². The number of likely N-dealkylation sites (tertiary alicyclic amines) is 1. The highest BCUT2D eigenvalue weighted by Gasteiger charge is 2.28. The number of nitrogens with zero attached hydrogens (tertiary/aromatic N) is 1. The highest BCUT2D eigenvalue weighted by Crippen LogP contribution is 2.30. The van der Waals surface area contributed by atoms with Crippen LogP contribution in [0.3, 0.4) is 0 Å². The van der Waals surface area contributed by atoms with Crippen molar-refractivity contribution in [2.24, 2.45) is 11.8 Å². The molecule has 0 aliphatic carbocycles. The van der Waals surface area contributed by atoms with Crippen molar-refractivity contribution >= 4 is 30.8 Å². The van der Waals surface area contributed by atoms with Gasteiger partial charge in [-0.3, -0.25) is 9.69 Å². The molecular weight excluding hydrogens is 359 g/mol. The predicted octanol–water partition coefficient (Wildman–Crippen LogP) is 3.29. The van der Waals surface area contributed by atoms with Gasteiger partial charge in [-0.25, -0.2) is 0 Å². The topological polar surface area (TPSA) is 41.6 Å². The van der Waals surface area contributed by atoms with Crippen LogP contribution in [0, 0.1) is 11.8 Å². The molecule has 1 aromatic rings. The van der Waals surface area contributed by atoms with Gasteiger partial charge in [0.1, 0.15) is 6.61 Å². The number of esters is 1. The fraction of sp³-hybridized carbons (Fsp3) is 0.632. The molecule has 142 valence electrons. The van der Waals surface area contributed by atoms with E-state index in [0.29, 0.717) is 13.2 Å². The maximum atomic E-state index is 12.0. The lowest BCUT2D eigenvalue weighted by molar-refractivity contribution is -0.146. The first-order chi connectivity index (χ1) is 11.3. The van der Waals surface area contributed by atoms with E-state index in [1.165, 1.54) is 38.8 Å². The molecule has 3 rings (SSSR count). The minimum Gasteiger partial charge on any atom is -0.460 e. The molecule has 0 unspecified atom stereocenters. The molecule has 2 aliphatic heterocycles. The zero-order chi connectivity index (χ0) is 15.9. The zero-order valence-corrected chi connectivity index (χ0v) is 16.3. The van der Waals surface area contributed by atoms with Gasteiger partial charge >= 0.3 is 5.97 Å². The Hall–Kier alpha value is -0.810. The van der Waals surface area contributed by atoms with Gasteiger partial charge in [0.25, 0.3) is 0 Å². The predicted molar refractivity (Wildman–Crippen MR) is 105 cm³/mol. The fourth-order valence-corrected chi connectivity index (χ4v) is 3.86. The van der Waals surface area contributed by atoms with Crippen molar-refractivity contribution in [1.29, 1.82) is 0 Å². The summed E-state index contributed by atoms with van der Waals surface area (Å²) in [7, 11) is 0. The second-order valence-corrected chi connectivity index (χ2v) is 6.85. The van der Waals surface area contributed by atoms with Crippen molar-refractivity contribution < 1.29 is 9.53 Å². The first-order valence-corrected chi connectivity index (χ1v) is 8.94. The third kappa shape index (κ3) is 7.14. The first kappa shape index (κ1) is 22.2. The van der Waals surface area contributed by atoms with Crippen LogP contribution in [0.5, 0.6) is 0 Å². The number of benzene rings is 1. The second-order valence-electron chi connectivity index (χ2n) is 6.85. The Morgan fingerprint density at radius 3 is 2.24 bits per heavy atom. The minimum atomic E-state index is -0.103. The van der Waals surface area contributed by atoms with Crippen LogP contribution in [0.2, 0.25) is 0 Å². The summed E-state index contributed by atoms with van der Waals surface area (Å²) in [5, 5.41) is 3.44. The van der Waals surface area contributed by atoms with Gasteiger partial charge in [-0.15, -0.1) is 24.8 Å². The standard InChI is InChI=1S/C19H28N2O2.2ClH/c22-19(23-15-16-4-2-1-3-5-16)14-21-12-8-18(9-13-21)17-6-10-20-11-7-17;;/h1-5,17-18,20H,6-15H2;2*1H. The summed E-state index contributed by atoms with van der Waals surface area (Å²) in [5.41, 5.74) is 1.05. The maximum absolute atomic E-state index is 12.0. The number of piperidine rings is 2. The van der Waals surface area contributed by atoms with E-state index in [0.717, 1.165) is 30.5 Å². The Morgan fingerprint density at radius 2 is 1.60 bits per heavy atom. The molecular formula is C19H30Cl2N2O2. The molecule has 0 atom stereocenters. The molecule has 0 amide bonds. The molecule has 1 aromatic carbocycles. The lowest BCUT2D eigenvalue weighted by Gasteiger charge is -2.37. The average molecular weight is 389 g/mol. The fourth-order valence-electron chi connectivity index (χ4n) is 3.86. The van der Waals surface area contributed by atoms with E-state index >= 15 is 0 Å². The Kier molecular flexibility index (Phi) is 10.4. The molecule has 2 heterocycles. The highest BCUT2D eigenvalue weighted by molar-refractivity contribution is 5.85. The van der Waals surface area contributed by atoms with E-state index in [2.05, 4.69) is 10.2 Å². The third-order valence-electron chi connectivity index (χ3n) is 5.28. The normalized spacial score (nSPS) is 19.5. The minimum absolute atomic E-state index is 0. The summed E-state index contributed by atoms with van der Waals surface area (Å²) in [6, 6.07) is 9.87. The molecule has 6 heteroatoms. The van der Waals surface area contributed by atoms with Gasteiger partial charge in [0.15, 0.2) is 0 Å². The van der Waals surface area contributed by atoms with Crippen molar-refractivity contribution in [3.8, 4) is 0 Å². The monoisotopic (exact) mass is 388 g/mol. The van der Waals surface area contributed by atoms with Gasteiger partial charge < -0.3 is 10.1 Å². The maximum Gasteiger partial charge on any atom is 0.320 e. The summed E-state index contributed by atoms with van der Waals surface area (Å²) >= 11 is 0. The van der Waals surface area contributed by atoms with Gasteiger partial charge in [-0.2, -0.15) is 0 Å². The van der Waals surface area contributed by atoms with Gasteiger partial charge in [-0.05, 0) is 69.3 Å². The van der Waals surface area contributed by atoms with E-state index in [9.17, 15) is 4.79 Å². The first-order valence-electron chi connectivity index (χ1n) is 8.94. The van der Waals surface area contributed by atoms with Crippen molar-refractivity contribution in [1.82, 2.24) is 10.2 Å². The Morgan fingerprint density at radius 1 is 1.00 bits per heavy atom. The zero-order valence-electron chi connectivity index (χ0n) is 14.7. The molecule has 2 fully saturated rings. The largest absolute Gasteiger partial charge is 0.460 e. The van der Waals surface area contributed by atoms with E-state index in [1.54, 1.807) is 0 Å². The van der Waals surface area contributed by atoms with Crippen molar-refractivity contribution in [3.05, 3.63) is 35.9 Å². The van der Waals surface area contributed by atoms with Crippen molar-refractivity contribution in [3.63, 3.8) is 0 Å². The van der Waals surface area contributed by atoms with Crippen LogP contribution in [0.25, 0.3) is 0 Å². The molecule has 4 nitrogen and oxygen atoms in total. The number of carbonyl (C=O) groups is 1. The number of halogens is 2. The lowest BCUT2D eigenvalue weighted by atomic mass is 9.79. The van der Waals surface area contributed by atoms with Crippen LogP contribution in [0.15, 0.2) is 30.3 Å². The van der Waals surface area contributed by atoms with E-state index < -0.39 is 0 Å². The van der Waals surface area contributed by atoms with Crippen LogP contribution in [-0.2, 0) is 16.1 Å². The Labute approximate surface area is 163 Å². The molecule has 0 bridgehead atoms. The molecule has 2 saturated heterocycles. The Balaban J connectivity index is 0.00000156. The number of carbonyl (C=O) groups excluding carboxylic acids is 1. The smallest absolute Gasteiger partial charge is 0.320 e. The number of hydrogen-bond donors (Lipinski definition) is 1. The molecule has 0 spiro atoms. The molecule has 25 heavy (non-hydrogen) atoms. The average Bonchev–Trinajstić information content (AvgIpc) is 2.62. The van der Waals surface area contributed by atoms with Crippen molar-refractivity contribution in [2.75, 3.05) is 32.7 Å². The summed E-state index contributed by atoms with van der Waals surface area (Å²) in [6.07, 6.45) is 5.11. The van der Waals surface area contributed by atoms with Crippen molar-refractivity contribution in [2.45, 2.75) is 32.3 Å². The quantitative estimate of drug-likeness (QED) is 0.785. The van der Waals surface area contributed by atoms with Crippen LogP contribution < -0.4 is 5.32 Å². The number of nitrogens with one attached hydrogen (secondary N) is 1. The van der Waals surface area contributed by atoms with E-state index in [4.69, 9.17) is 4.74 Å². The number of hydrogen-bond acceptors (Lipinski definition) is 4. The van der Waals surface area contributed by atoms with Gasteiger partial charge in [0, 0.05) is 0 Å². The van der Waals surface area contributed by atoms with Crippen LogP contribution in [-0.4, -0.2) is 43.6 Å². The summed E-state index contributed by atoms with van der Waals surface area (Å²) in [5.74, 6) is 1.64. The lowest BCUT2D eigenvalue weighted by Crippen LogP contribution is -2.41. The van der Waals surface area contributed by atoms with E-state index in [1.807, 2.05) is 30.3 Å². The van der Waals surface area contributed by atoms with E-state index in [-0.39, 0.29) is 30.8 Å². The number of rotatable bonds is 5. The Bertz CT molecular complexity index is 487. The summed E-state index contributed by atoms with van der Waals surface area (Å²) in [4.78, 5) is 14.3. The SMILES string of the molecule is Cl.Cl.O=C(CN1CCC(C2CCNCC2)CC1)OCc1ccccc1. The third-order valence-corrected chi connectivity index (χ3v) is 5.28. The molecule has 0 radical (unpaired) electrons. The number of ether oxygens (including phenoxy) is 1. The molecule has 0 saturated carbocycles. The van der Waals surface area contributed by atoms with Gasteiger partial charge in [0.2, 0.25) is 0 Å². The van der Waals surface area contributed by atoms with Crippen LogP contribution in [0.4, 0.5) is 0 Å². The molecule has 1 N–H and O–H groups in total. The molecule has 0 aromatic heterocycles. The summed E-state index contributed by atoms with van der Waals surface area (Å²) in [6.45, 7) is 5.24. The molecule has 2 aliphatic rings. The highest BCUT2D eigenvalue weighted by atomic mass is 35.5. The summed E-state index contributed by atoms with van der Waals surface area (Å²) < 4.78 is 5.39.